The maximum Gasteiger partial charge on any atom is 0.335 e. The first kappa shape index (κ1) is 32.9. The summed E-state index contributed by atoms with van der Waals surface area (Å²) in [5.74, 6) is -0.786. The molecule has 12 heteroatoms. The third-order valence-electron chi connectivity index (χ3n) is 7.44. The van der Waals surface area contributed by atoms with Gasteiger partial charge in [0, 0.05) is 36.8 Å². The highest BCUT2D eigenvalue weighted by Gasteiger charge is 2.20. The highest BCUT2D eigenvalue weighted by molar-refractivity contribution is 7.90. The van der Waals surface area contributed by atoms with E-state index in [4.69, 9.17) is 4.52 Å². The number of sulfonamides is 1. The first-order valence-electron chi connectivity index (χ1n) is 15.0. The first-order chi connectivity index (χ1) is 22.5. The third-order valence-corrected chi connectivity index (χ3v) is 8.79. The number of amides is 1. The molecule has 5 rings (SSSR count). The van der Waals surface area contributed by atoms with E-state index in [-0.39, 0.29) is 21.9 Å². The molecule has 0 saturated heterocycles. The summed E-state index contributed by atoms with van der Waals surface area (Å²) in [5.41, 5.74) is 4.00. The topological polar surface area (TPSA) is 155 Å². The Hall–Kier alpha value is -5.49. The maximum atomic E-state index is 12.9. The van der Waals surface area contributed by atoms with Crippen LogP contribution in [-0.2, 0) is 16.6 Å². The second-order valence-electron chi connectivity index (χ2n) is 11.4. The summed E-state index contributed by atoms with van der Waals surface area (Å²) in [7, 11) is -2.03. The van der Waals surface area contributed by atoms with Gasteiger partial charge in [-0.1, -0.05) is 55.4 Å². The van der Waals surface area contributed by atoms with E-state index in [2.05, 4.69) is 38.9 Å². The Morgan fingerprint density at radius 3 is 2.38 bits per heavy atom. The van der Waals surface area contributed by atoms with Crippen molar-refractivity contribution < 1.29 is 27.6 Å². The number of anilines is 2. The van der Waals surface area contributed by atoms with Gasteiger partial charge in [0.25, 0.3) is 21.8 Å². The number of carbonyl (C=O) groups is 2. The molecule has 1 aromatic heterocycles. The lowest BCUT2D eigenvalue weighted by atomic mass is 10.1. The first-order valence-corrected chi connectivity index (χ1v) is 16.5. The number of nitrogens with one attached hydrogen (secondary N) is 2. The van der Waals surface area contributed by atoms with Crippen molar-refractivity contribution in [1.82, 2.24) is 14.9 Å². The number of hydrogen-bond acceptors (Lipinski definition) is 9. The molecule has 3 N–H and O–H groups in total. The number of aromatic carboxylic acids is 1. The number of rotatable bonds is 13. The normalized spacial score (nSPS) is 11.3. The molecule has 0 atom stereocenters. The molecule has 242 valence electrons. The Morgan fingerprint density at radius 1 is 0.894 bits per heavy atom. The van der Waals surface area contributed by atoms with Gasteiger partial charge in [-0.25, -0.2) is 17.9 Å². The van der Waals surface area contributed by atoms with Crippen molar-refractivity contribution in [1.29, 1.82) is 0 Å². The van der Waals surface area contributed by atoms with Crippen LogP contribution in [0.2, 0.25) is 0 Å². The molecule has 1 heterocycles. The van der Waals surface area contributed by atoms with E-state index >= 15 is 0 Å². The van der Waals surface area contributed by atoms with Gasteiger partial charge in [-0.2, -0.15) is 4.98 Å². The fourth-order valence-electron chi connectivity index (χ4n) is 4.82. The van der Waals surface area contributed by atoms with Crippen molar-refractivity contribution in [2.75, 3.05) is 23.8 Å². The summed E-state index contributed by atoms with van der Waals surface area (Å²) in [6, 6.07) is 26.5. The second kappa shape index (κ2) is 14.3. The molecule has 1 amide bonds. The average molecular weight is 654 g/mol. The SMILES string of the molecule is CC(C)CCN(C)c1ccc(-c2noc(-c3cccc(C(=O)NS(=O)(=O)c4ccccc4)c3)n2)cc1NCc1cccc(C(=O)O)c1. The van der Waals surface area contributed by atoms with Crippen LogP contribution in [0.25, 0.3) is 22.8 Å². The van der Waals surface area contributed by atoms with Crippen molar-refractivity contribution >= 4 is 33.3 Å². The van der Waals surface area contributed by atoms with Gasteiger partial charge in [0.15, 0.2) is 0 Å². The minimum absolute atomic E-state index is 0.0224. The van der Waals surface area contributed by atoms with E-state index < -0.39 is 21.9 Å². The van der Waals surface area contributed by atoms with Gasteiger partial charge >= 0.3 is 5.97 Å². The van der Waals surface area contributed by atoms with Crippen LogP contribution >= 0.6 is 0 Å². The van der Waals surface area contributed by atoms with Crippen LogP contribution in [-0.4, -0.2) is 49.1 Å². The largest absolute Gasteiger partial charge is 0.478 e. The molecular formula is C35H35N5O6S. The minimum Gasteiger partial charge on any atom is -0.478 e. The molecule has 0 aliphatic carbocycles. The molecule has 0 aliphatic rings. The molecule has 0 radical (unpaired) electrons. The lowest BCUT2D eigenvalue weighted by Gasteiger charge is -2.24. The van der Waals surface area contributed by atoms with Crippen LogP contribution in [0.5, 0.6) is 0 Å². The van der Waals surface area contributed by atoms with E-state index in [1.54, 1.807) is 48.5 Å². The summed E-state index contributed by atoms with van der Waals surface area (Å²) in [6.45, 7) is 5.58. The summed E-state index contributed by atoms with van der Waals surface area (Å²) in [5, 5.41) is 17.0. The fourth-order valence-corrected chi connectivity index (χ4v) is 5.82. The molecule has 5 aromatic rings. The average Bonchev–Trinajstić information content (AvgIpc) is 3.57. The van der Waals surface area contributed by atoms with Crippen LogP contribution in [0, 0.1) is 5.92 Å². The summed E-state index contributed by atoms with van der Waals surface area (Å²) < 4.78 is 33.0. The quantitative estimate of drug-likeness (QED) is 0.132. The summed E-state index contributed by atoms with van der Waals surface area (Å²) in [6.07, 6.45) is 1.00. The number of carboxylic acid groups (broad SMARTS) is 1. The van der Waals surface area contributed by atoms with E-state index in [1.165, 1.54) is 24.3 Å². The number of benzene rings is 4. The van der Waals surface area contributed by atoms with Gasteiger partial charge in [0.2, 0.25) is 5.82 Å². The van der Waals surface area contributed by atoms with Gasteiger partial charge in [-0.3, -0.25) is 4.79 Å². The molecule has 0 spiro atoms. The summed E-state index contributed by atoms with van der Waals surface area (Å²) in [4.78, 5) is 31.0. The van der Waals surface area contributed by atoms with Gasteiger partial charge in [0.1, 0.15) is 0 Å². The molecule has 4 aromatic carbocycles. The van der Waals surface area contributed by atoms with Gasteiger partial charge in [0.05, 0.1) is 21.8 Å². The highest BCUT2D eigenvalue weighted by atomic mass is 32.2. The Bertz CT molecular complexity index is 1990. The van der Waals surface area contributed by atoms with E-state index in [0.717, 1.165) is 29.9 Å². The predicted octanol–water partition coefficient (Wildman–Crippen LogP) is 6.31. The minimum atomic E-state index is -4.05. The Morgan fingerprint density at radius 2 is 1.64 bits per heavy atom. The van der Waals surface area contributed by atoms with Crippen LogP contribution in [0.4, 0.5) is 11.4 Å². The molecule has 0 fully saturated rings. The third kappa shape index (κ3) is 8.22. The van der Waals surface area contributed by atoms with Crippen molar-refractivity contribution in [3.05, 3.63) is 114 Å². The molecular weight excluding hydrogens is 618 g/mol. The van der Waals surface area contributed by atoms with Crippen molar-refractivity contribution in [2.45, 2.75) is 31.7 Å². The van der Waals surface area contributed by atoms with E-state index in [9.17, 15) is 23.1 Å². The van der Waals surface area contributed by atoms with Crippen molar-refractivity contribution in [3.63, 3.8) is 0 Å². The molecule has 11 nitrogen and oxygen atoms in total. The monoisotopic (exact) mass is 653 g/mol. The highest BCUT2D eigenvalue weighted by Crippen LogP contribution is 2.32. The molecule has 47 heavy (non-hydrogen) atoms. The summed E-state index contributed by atoms with van der Waals surface area (Å²) >= 11 is 0. The molecule has 0 aliphatic heterocycles. The Labute approximate surface area is 273 Å². The molecule has 0 saturated carbocycles. The standard InChI is InChI=1S/C35H35N5O6S/c1-23(2)17-18-40(3)31-16-15-25(21-30(31)36-22-24-9-7-12-28(19-24)35(42)43)32-37-34(46-38-32)27-11-8-10-26(20-27)33(41)39-47(44,45)29-13-5-4-6-14-29/h4-16,19-21,23,36H,17-18,22H2,1-3H3,(H,39,41)(H,42,43). The zero-order valence-corrected chi connectivity index (χ0v) is 27.0. The lowest BCUT2D eigenvalue weighted by Crippen LogP contribution is -2.30. The van der Waals surface area contributed by atoms with Gasteiger partial charge < -0.3 is 19.8 Å². The second-order valence-corrected chi connectivity index (χ2v) is 13.1. The van der Waals surface area contributed by atoms with E-state index in [1.807, 2.05) is 31.3 Å². The van der Waals surface area contributed by atoms with Gasteiger partial charge in [-0.15, -0.1) is 0 Å². The van der Waals surface area contributed by atoms with E-state index in [0.29, 0.717) is 29.4 Å². The lowest BCUT2D eigenvalue weighted by molar-refractivity contribution is 0.0696. The number of aromatic nitrogens is 2. The molecule has 0 bridgehead atoms. The predicted molar refractivity (Wildman–Crippen MR) is 180 cm³/mol. The fraction of sp³-hybridized carbons (Fsp3) is 0.200. The number of hydrogen-bond donors (Lipinski definition) is 3. The maximum absolute atomic E-state index is 12.9. The number of carbonyl (C=O) groups excluding carboxylic acids is 1. The molecule has 0 unspecified atom stereocenters. The number of nitrogens with zero attached hydrogens (tertiary/aromatic N) is 3. The van der Waals surface area contributed by atoms with Crippen LogP contribution in [0.3, 0.4) is 0 Å². The zero-order chi connectivity index (χ0) is 33.6. The van der Waals surface area contributed by atoms with Crippen LogP contribution in [0.1, 0.15) is 46.5 Å². The van der Waals surface area contributed by atoms with Gasteiger partial charge in [-0.05, 0) is 78.6 Å². The van der Waals surface area contributed by atoms with Crippen molar-refractivity contribution in [2.24, 2.45) is 5.92 Å². The zero-order valence-electron chi connectivity index (χ0n) is 26.2. The van der Waals surface area contributed by atoms with Crippen LogP contribution in [0.15, 0.2) is 106 Å². The van der Waals surface area contributed by atoms with Crippen molar-refractivity contribution in [3.8, 4) is 22.8 Å². The Balaban J connectivity index is 1.39. The number of carboxylic acids is 1. The Kier molecular flexibility index (Phi) is 10.0. The smallest absolute Gasteiger partial charge is 0.335 e. The van der Waals surface area contributed by atoms with Crippen LogP contribution < -0.4 is 14.9 Å².